The summed E-state index contributed by atoms with van der Waals surface area (Å²) >= 11 is 1.32. The first-order valence-electron chi connectivity index (χ1n) is 7.92. The van der Waals surface area contributed by atoms with Crippen LogP contribution in [0.1, 0.15) is 21.5 Å². The Hall–Kier alpha value is -2.93. The average Bonchev–Trinajstić information content (AvgIpc) is 3.02. The number of carbonyl (C=O) groups is 2. The molecule has 3 rings (SSSR count). The number of aromatic nitrogens is 1. The van der Waals surface area contributed by atoms with Crippen molar-refractivity contribution in [2.75, 3.05) is 19.5 Å². The molecule has 1 amide bonds. The van der Waals surface area contributed by atoms with Crippen molar-refractivity contribution in [3.63, 3.8) is 0 Å². The second-order valence-corrected chi connectivity index (χ2v) is 6.75. The third-order valence-corrected chi connectivity index (χ3v) is 4.81. The smallest absolute Gasteiger partial charge is 0.337 e. The topological polar surface area (TPSA) is 77.5 Å². The van der Waals surface area contributed by atoms with Crippen LogP contribution in [0.3, 0.4) is 0 Å². The molecule has 0 aliphatic heterocycles. The predicted octanol–water partition coefficient (Wildman–Crippen LogP) is 3.58. The van der Waals surface area contributed by atoms with E-state index in [2.05, 4.69) is 10.3 Å². The van der Waals surface area contributed by atoms with E-state index in [4.69, 9.17) is 9.47 Å². The molecule has 0 aliphatic carbocycles. The summed E-state index contributed by atoms with van der Waals surface area (Å²) in [6.07, 6.45) is 0.244. The van der Waals surface area contributed by atoms with Gasteiger partial charge in [-0.2, -0.15) is 0 Å². The number of esters is 1. The molecule has 0 atom stereocenters. The monoisotopic (exact) mass is 370 g/mol. The van der Waals surface area contributed by atoms with Crippen molar-refractivity contribution >= 4 is 38.6 Å². The van der Waals surface area contributed by atoms with Crippen molar-refractivity contribution in [1.29, 1.82) is 0 Å². The predicted molar refractivity (Wildman–Crippen MR) is 101 cm³/mol. The standard InChI is InChI=1S/C19H18N2O4S/c1-11-8-12(4-7-15(11)24-2)9-17(22)21-19-20-14-6-5-13(18(23)25-3)10-16(14)26-19/h4-8,10H,9H2,1-3H3,(H,20,21,22). The number of amides is 1. The highest BCUT2D eigenvalue weighted by molar-refractivity contribution is 7.22. The molecule has 0 aliphatic rings. The third kappa shape index (κ3) is 3.83. The summed E-state index contributed by atoms with van der Waals surface area (Å²) < 4.78 is 10.8. The van der Waals surface area contributed by atoms with E-state index in [0.29, 0.717) is 10.7 Å². The van der Waals surface area contributed by atoms with Crippen LogP contribution in [-0.4, -0.2) is 31.1 Å². The molecule has 134 valence electrons. The molecule has 0 bridgehead atoms. The zero-order valence-electron chi connectivity index (χ0n) is 14.7. The van der Waals surface area contributed by atoms with Crippen molar-refractivity contribution in [1.82, 2.24) is 4.98 Å². The molecular formula is C19H18N2O4S. The van der Waals surface area contributed by atoms with E-state index in [-0.39, 0.29) is 12.3 Å². The fourth-order valence-corrected chi connectivity index (χ4v) is 3.54. The number of methoxy groups -OCH3 is 2. The number of rotatable bonds is 5. The second kappa shape index (κ2) is 7.53. The summed E-state index contributed by atoms with van der Waals surface area (Å²) in [5, 5.41) is 3.31. The van der Waals surface area contributed by atoms with Gasteiger partial charge in [0.2, 0.25) is 5.91 Å². The molecule has 0 saturated heterocycles. The van der Waals surface area contributed by atoms with E-state index in [1.54, 1.807) is 25.3 Å². The molecule has 0 fully saturated rings. The van der Waals surface area contributed by atoms with Crippen molar-refractivity contribution in [2.24, 2.45) is 0 Å². The van der Waals surface area contributed by atoms with Gasteiger partial charge >= 0.3 is 5.97 Å². The molecule has 0 radical (unpaired) electrons. The highest BCUT2D eigenvalue weighted by atomic mass is 32.1. The minimum absolute atomic E-state index is 0.151. The Labute approximate surface area is 154 Å². The lowest BCUT2D eigenvalue weighted by Gasteiger charge is -2.07. The molecule has 26 heavy (non-hydrogen) atoms. The summed E-state index contributed by atoms with van der Waals surface area (Å²) in [4.78, 5) is 28.3. The largest absolute Gasteiger partial charge is 0.496 e. The highest BCUT2D eigenvalue weighted by Crippen LogP contribution is 2.27. The van der Waals surface area contributed by atoms with Crippen molar-refractivity contribution in [2.45, 2.75) is 13.3 Å². The van der Waals surface area contributed by atoms with Crippen molar-refractivity contribution in [3.05, 3.63) is 53.1 Å². The summed E-state index contributed by atoms with van der Waals surface area (Å²) in [5.74, 6) is 0.240. The number of thiazole rings is 1. The fourth-order valence-electron chi connectivity index (χ4n) is 2.62. The Kier molecular flexibility index (Phi) is 5.18. The first kappa shape index (κ1) is 17.9. The Morgan fingerprint density at radius 2 is 1.96 bits per heavy atom. The quantitative estimate of drug-likeness (QED) is 0.695. The van der Waals surface area contributed by atoms with Gasteiger partial charge in [-0.3, -0.25) is 4.79 Å². The molecule has 1 aromatic heterocycles. The van der Waals surface area contributed by atoms with E-state index in [9.17, 15) is 9.59 Å². The molecule has 1 heterocycles. The molecule has 2 aromatic carbocycles. The zero-order chi connectivity index (χ0) is 18.7. The molecule has 7 heteroatoms. The summed E-state index contributed by atoms with van der Waals surface area (Å²) in [5.41, 5.74) is 3.05. The van der Waals surface area contributed by atoms with E-state index >= 15 is 0 Å². The van der Waals surface area contributed by atoms with Crippen LogP contribution in [0.4, 0.5) is 5.13 Å². The number of carbonyl (C=O) groups excluding carboxylic acids is 2. The maximum absolute atomic E-state index is 12.3. The number of hydrogen-bond acceptors (Lipinski definition) is 6. The van der Waals surface area contributed by atoms with Gasteiger partial charge in [0, 0.05) is 0 Å². The Morgan fingerprint density at radius 1 is 1.15 bits per heavy atom. The number of anilines is 1. The van der Waals surface area contributed by atoms with Gasteiger partial charge in [-0.1, -0.05) is 23.5 Å². The molecule has 3 aromatic rings. The lowest BCUT2D eigenvalue weighted by Crippen LogP contribution is -2.14. The van der Waals surface area contributed by atoms with Gasteiger partial charge in [0.15, 0.2) is 5.13 Å². The number of benzene rings is 2. The fraction of sp³-hybridized carbons (Fsp3) is 0.211. The lowest BCUT2D eigenvalue weighted by atomic mass is 10.1. The van der Waals surface area contributed by atoms with Gasteiger partial charge in [0.1, 0.15) is 5.75 Å². The number of nitrogens with one attached hydrogen (secondary N) is 1. The van der Waals surface area contributed by atoms with Crippen LogP contribution in [0.25, 0.3) is 10.2 Å². The molecular weight excluding hydrogens is 352 g/mol. The van der Waals surface area contributed by atoms with Crippen LogP contribution in [0.2, 0.25) is 0 Å². The first-order chi connectivity index (χ1) is 12.5. The number of ether oxygens (including phenoxy) is 2. The number of nitrogens with zero attached hydrogens (tertiary/aromatic N) is 1. The third-order valence-electron chi connectivity index (χ3n) is 3.88. The van der Waals surface area contributed by atoms with Crippen LogP contribution in [-0.2, 0) is 16.0 Å². The van der Waals surface area contributed by atoms with Gasteiger partial charge in [-0.25, -0.2) is 9.78 Å². The van der Waals surface area contributed by atoms with Crippen LogP contribution in [0, 0.1) is 6.92 Å². The minimum Gasteiger partial charge on any atom is -0.496 e. The van der Waals surface area contributed by atoms with Gasteiger partial charge in [0.25, 0.3) is 0 Å². The van der Waals surface area contributed by atoms with E-state index in [1.807, 2.05) is 25.1 Å². The lowest BCUT2D eigenvalue weighted by molar-refractivity contribution is -0.115. The van der Waals surface area contributed by atoms with E-state index in [1.165, 1.54) is 18.4 Å². The summed E-state index contributed by atoms with van der Waals surface area (Å²) in [7, 11) is 2.96. The minimum atomic E-state index is -0.402. The molecule has 6 nitrogen and oxygen atoms in total. The number of hydrogen-bond donors (Lipinski definition) is 1. The van der Waals surface area contributed by atoms with Crippen LogP contribution >= 0.6 is 11.3 Å². The molecule has 0 saturated carbocycles. The van der Waals surface area contributed by atoms with Crippen molar-refractivity contribution < 1.29 is 19.1 Å². The Morgan fingerprint density at radius 3 is 2.65 bits per heavy atom. The molecule has 1 N–H and O–H groups in total. The average molecular weight is 370 g/mol. The molecule has 0 unspecified atom stereocenters. The normalized spacial score (nSPS) is 10.6. The second-order valence-electron chi connectivity index (χ2n) is 5.72. The van der Waals surface area contributed by atoms with Crippen LogP contribution in [0.15, 0.2) is 36.4 Å². The number of aryl methyl sites for hydroxylation is 1. The summed E-state index contributed by atoms with van der Waals surface area (Å²) in [6, 6.07) is 10.7. The maximum Gasteiger partial charge on any atom is 0.337 e. The van der Waals surface area contributed by atoms with Gasteiger partial charge in [-0.05, 0) is 42.3 Å². The summed E-state index contributed by atoms with van der Waals surface area (Å²) in [6.45, 7) is 1.94. The van der Waals surface area contributed by atoms with E-state index < -0.39 is 5.97 Å². The van der Waals surface area contributed by atoms with E-state index in [0.717, 1.165) is 27.1 Å². The maximum atomic E-state index is 12.3. The van der Waals surface area contributed by atoms with Crippen molar-refractivity contribution in [3.8, 4) is 5.75 Å². The van der Waals surface area contributed by atoms with Gasteiger partial charge < -0.3 is 14.8 Å². The SMILES string of the molecule is COC(=O)c1ccc2nc(NC(=O)Cc3ccc(OC)c(C)c3)sc2c1. The van der Waals surface area contributed by atoms with Crippen LogP contribution in [0.5, 0.6) is 5.75 Å². The van der Waals surface area contributed by atoms with Gasteiger partial charge in [0.05, 0.1) is 36.4 Å². The van der Waals surface area contributed by atoms with Gasteiger partial charge in [-0.15, -0.1) is 0 Å². The number of fused-ring (bicyclic) bond motifs is 1. The first-order valence-corrected chi connectivity index (χ1v) is 8.74. The Balaban J connectivity index is 1.72. The molecule has 0 spiro atoms. The van der Waals surface area contributed by atoms with Crippen LogP contribution < -0.4 is 10.1 Å². The highest BCUT2D eigenvalue weighted by Gasteiger charge is 2.12. The zero-order valence-corrected chi connectivity index (χ0v) is 15.5. The Bertz CT molecular complexity index is 981.